The van der Waals surface area contributed by atoms with E-state index in [1.165, 1.54) is 11.3 Å². The Morgan fingerprint density at radius 3 is 3.00 bits per heavy atom. The lowest BCUT2D eigenvalue weighted by molar-refractivity contribution is -0.121. The Hall–Kier alpha value is -1.73. The molecule has 1 aliphatic heterocycles. The smallest absolute Gasteiger partial charge is 0.259 e. The minimum Gasteiger partial charge on any atom is -0.352 e. The standard InChI is InChI=1S/C15H20N4O2S/c1-8-9(2)22-15-13(8)14(21)18-11(19-15)3-4-12(20)17-10-5-6-16-7-10/h10,16H,3-7H2,1-2H3,(H,17,20)(H,18,19,21). The van der Waals surface area contributed by atoms with E-state index >= 15 is 0 Å². The monoisotopic (exact) mass is 320 g/mol. The van der Waals surface area contributed by atoms with Crippen LogP contribution in [0.3, 0.4) is 0 Å². The van der Waals surface area contributed by atoms with Gasteiger partial charge in [0.2, 0.25) is 5.91 Å². The number of carbonyl (C=O) groups is 1. The third-order valence-corrected chi connectivity index (χ3v) is 5.20. The first kappa shape index (κ1) is 15.2. The van der Waals surface area contributed by atoms with Crippen LogP contribution < -0.4 is 16.2 Å². The summed E-state index contributed by atoms with van der Waals surface area (Å²) in [7, 11) is 0. The zero-order valence-electron chi connectivity index (χ0n) is 12.8. The van der Waals surface area contributed by atoms with Gasteiger partial charge in [0.1, 0.15) is 10.7 Å². The second-order valence-electron chi connectivity index (χ2n) is 5.73. The van der Waals surface area contributed by atoms with E-state index in [1.807, 2.05) is 13.8 Å². The SMILES string of the molecule is Cc1sc2nc(CCC(=O)NC3CCNC3)[nH]c(=O)c2c1C. The van der Waals surface area contributed by atoms with E-state index in [0.29, 0.717) is 24.1 Å². The van der Waals surface area contributed by atoms with Crippen molar-refractivity contribution in [1.29, 1.82) is 0 Å². The van der Waals surface area contributed by atoms with Gasteiger partial charge < -0.3 is 15.6 Å². The van der Waals surface area contributed by atoms with Gasteiger partial charge in [-0.25, -0.2) is 4.98 Å². The van der Waals surface area contributed by atoms with Crippen molar-refractivity contribution in [2.45, 2.75) is 39.2 Å². The lowest BCUT2D eigenvalue weighted by Gasteiger charge is -2.10. The molecule has 3 heterocycles. The molecule has 1 saturated heterocycles. The predicted octanol–water partition coefficient (Wildman–Crippen LogP) is 1.01. The summed E-state index contributed by atoms with van der Waals surface area (Å²) < 4.78 is 0. The second-order valence-corrected chi connectivity index (χ2v) is 6.94. The Kier molecular flexibility index (Phi) is 4.26. The molecule has 0 saturated carbocycles. The minimum atomic E-state index is -0.109. The van der Waals surface area contributed by atoms with Crippen LogP contribution in [0.1, 0.15) is 29.1 Å². The van der Waals surface area contributed by atoms with E-state index < -0.39 is 0 Å². The quantitative estimate of drug-likeness (QED) is 0.785. The molecule has 0 bridgehead atoms. The van der Waals surface area contributed by atoms with Crippen molar-refractivity contribution in [2.75, 3.05) is 13.1 Å². The number of aromatic amines is 1. The fourth-order valence-electron chi connectivity index (χ4n) is 2.73. The maximum atomic E-state index is 12.2. The molecular formula is C15H20N4O2S. The number of hydrogen-bond donors (Lipinski definition) is 3. The Labute approximate surface area is 132 Å². The molecule has 3 rings (SSSR count). The number of hydrogen-bond acceptors (Lipinski definition) is 5. The number of nitrogens with zero attached hydrogens (tertiary/aromatic N) is 1. The summed E-state index contributed by atoms with van der Waals surface area (Å²) in [5, 5.41) is 6.88. The van der Waals surface area contributed by atoms with Gasteiger partial charge in [-0.3, -0.25) is 9.59 Å². The number of aryl methyl sites for hydroxylation is 3. The molecule has 7 heteroatoms. The van der Waals surface area contributed by atoms with Crippen LogP contribution in [-0.4, -0.2) is 35.0 Å². The third-order valence-electron chi connectivity index (χ3n) is 4.10. The molecule has 0 radical (unpaired) electrons. The van der Waals surface area contributed by atoms with E-state index in [4.69, 9.17) is 0 Å². The molecular weight excluding hydrogens is 300 g/mol. The highest BCUT2D eigenvalue weighted by molar-refractivity contribution is 7.18. The zero-order chi connectivity index (χ0) is 15.7. The second kappa shape index (κ2) is 6.18. The van der Waals surface area contributed by atoms with Gasteiger partial charge in [-0.1, -0.05) is 0 Å². The molecule has 3 N–H and O–H groups in total. The van der Waals surface area contributed by atoms with Crippen molar-refractivity contribution in [3.8, 4) is 0 Å². The molecule has 1 fully saturated rings. The first-order valence-corrected chi connectivity index (χ1v) is 8.35. The van der Waals surface area contributed by atoms with Crippen LogP contribution in [0.2, 0.25) is 0 Å². The molecule has 118 valence electrons. The number of nitrogens with one attached hydrogen (secondary N) is 3. The number of aromatic nitrogens is 2. The summed E-state index contributed by atoms with van der Waals surface area (Å²) in [5.74, 6) is 0.591. The van der Waals surface area contributed by atoms with Crippen LogP contribution >= 0.6 is 11.3 Å². The van der Waals surface area contributed by atoms with Gasteiger partial charge in [0, 0.05) is 30.3 Å². The first-order valence-electron chi connectivity index (χ1n) is 7.53. The highest BCUT2D eigenvalue weighted by Gasteiger charge is 2.17. The number of carbonyl (C=O) groups excluding carboxylic acids is 1. The van der Waals surface area contributed by atoms with Crippen LogP contribution in [0.4, 0.5) is 0 Å². The highest BCUT2D eigenvalue weighted by Crippen LogP contribution is 2.25. The Bertz CT molecular complexity index is 759. The third kappa shape index (κ3) is 3.05. The number of fused-ring (bicyclic) bond motifs is 1. The average Bonchev–Trinajstić information content (AvgIpc) is 3.06. The summed E-state index contributed by atoms with van der Waals surface area (Å²) in [6.45, 7) is 5.71. The summed E-state index contributed by atoms with van der Waals surface area (Å²) in [6, 6.07) is 0.226. The van der Waals surface area contributed by atoms with E-state index in [0.717, 1.165) is 34.8 Å². The van der Waals surface area contributed by atoms with Gasteiger partial charge in [0.15, 0.2) is 0 Å². The van der Waals surface area contributed by atoms with Crippen LogP contribution in [-0.2, 0) is 11.2 Å². The molecule has 1 aliphatic rings. The first-order chi connectivity index (χ1) is 10.5. The van der Waals surface area contributed by atoms with Crippen molar-refractivity contribution < 1.29 is 4.79 Å². The lowest BCUT2D eigenvalue weighted by atomic mass is 10.2. The Morgan fingerprint density at radius 1 is 1.45 bits per heavy atom. The summed E-state index contributed by atoms with van der Waals surface area (Å²) >= 11 is 1.53. The van der Waals surface area contributed by atoms with Crippen molar-refractivity contribution in [1.82, 2.24) is 20.6 Å². The zero-order valence-corrected chi connectivity index (χ0v) is 13.6. The van der Waals surface area contributed by atoms with Gasteiger partial charge in [0.25, 0.3) is 5.56 Å². The summed E-state index contributed by atoms with van der Waals surface area (Å²) in [4.78, 5) is 33.2. The van der Waals surface area contributed by atoms with Gasteiger partial charge in [-0.2, -0.15) is 0 Å². The van der Waals surface area contributed by atoms with E-state index in [9.17, 15) is 9.59 Å². The van der Waals surface area contributed by atoms with Gasteiger partial charge in [-0.05, 0) is 32.4 Å². The molecule has 0 aliphatic carbocycles. The largest absolute Gasteiger partial charge is 0.352 e. The summed E-state index contributed by atoms with van der Waals surface area (Å²) in [6.07, 6.45) is 1.77. The number of amides is 1. The number of rotatable bonds is 4. The highest BCUT2D eigenvalue weighted by atomic mass is 32.1. The fraction of sp³-hybridized carbons (Fsp3) is 0.533. The number of thiophene rings is 1. The Morgan fingerprint density at radius 2 is 2.27 bits per heavy atom. The summed E-state index contributed by atoms with van der Waals surface area (Å²) in [5.41, 5.74) is 0.883. The maximum Gasteiger partial charge on any atom is 0.259 e. The molecule has 6 nitrogen and oxygen atoms in total. The van der Waals surface area contributed by atoms with Gasteiger partial charge in [-0.15, -0.1) is 11.3 Å². The molecule has 1 atom stereocenters. The molecule has 22 heavy (non-hydrogen) atoms. The van der Waals surface area contributed by atoms with Gasteiger partial charge in [0.05, 0.1) is 5.39 Å². The molecule has 2 aromatic rings. The van der Waals surface area contributed by atoms with E-state index in [2.05, 4.69) is 20.6 Å². The molecule has 1 unspecified atom stereocenters. The van der Waals surface area contributed by atoms with Gasteiger partial charge >= 0.3 is 0 Å². The minimum absolute atomic E-state index is 0.00925. The van der Waals surface area contributed by atoms with Crippen molar-refractivity contribution in [3.05, 3.63) is 26.6 Å². The predicted molar refractivity (Wildman–Crippen MR) is 87.5 cm³/mol. The molecule has 0 spiro atoms. The van der Waals surface area contributed by atoms with Crippen LogP contribution in [0.25, 0.3) is 10.2 Å². The maximum absolute atomic E-state index is 12.2. The van der Waals surface area contributed by atoms with E-state index in [-0.39, 0.29) is 17.5 Å². The molecule has 1 amide bonds. The van der Waals surface area contributed by atoms with Crippen LogP contribution in [0.15, 0.2) is 4.79 Å². The van der Waals surface area contributed by atoms with Crippen molar-refractivity contribution in [2.24, 2.45) is 0 Å². The van der Waals surface area contributed by atoms with Crippen LogP contribution in [0, 0.1) is 13.8 Å². The molecule has 0 aromatic carbocycles. The Balaban J connectivity index is 1.69. The lowest BCUT2D eigenvalue weighted by Crippen LogP contribution is -2.36. The fourth-order valence-corrected chi connectivity index (χ4v) is 3.78. The van der Waals surface area contributed by atoms with Crippen molar-refractivity contribution >= 4 is 27.5 Å². The number of H-pyrrole nitrogens is 1. The normalized spacial score (nSPS) is 18.0. The average molecular weight is 320 g/mol. The van der Waals surface area contributed by atoms with Crippen LogP contribution in [0.5, 0.6) is 0 Å². The van der Waals surface area contributed by atoms with E-state index in [1.54, 1.807) is 0 Å². The van der Waals surface area contributed by atoms with Crippen molar-refractivity contribution in [3.63, 3.8) is 0 Å². The molecule has 2 aromatic heterocycles. The topological polar surface area (TPSA) is 86.9 Å².